The topological polar surface area (TPSA) is 38.5 Å². The van der Waals surface area contributed by atoms with Gasteiger partial charge in [0.15, 0.2) is 0 Å². The van der Waals surface area contributed by atoms with E-state index in [2.05, 4.69) is 29.2 Å². The quantitative estimate of drug-likeness (QED) is 0.842. The zero-order valence-corrected chi connectivity index (χ0v) is 10.6. The highest BCUT2D eigenvalue weighted by atomic mass is 16.5. The lowest BCUT2D eigenvalue weighted by Crippen LogP contribution is -2.22. The summed E-state index contributed by atoms with van der Waals surface area (Å²) in [7, 11) is 1.78. The van der Waals surface area contributed by atoms with E-state index in [1.54, 1.807) is 7.11 Å². The zero-order valence-electron chi connectivity index (χ0n) is 10.6. The van der Waals surface area contributed by atoms with E-state index in [0.717, 1.165) is 26.1 Å². The first-order chi connectivity index (χ1) is 8.35. The van der Waals surface area contributed by atoms with Crippen molar-refractivity contribution in [2.75, 3.05) is 38.3 Å². The zero-order chi connectivity index (χ0) is 12.1. The molecule has 0 saturated carbocycles. The van der Waals surface area contributed by atoms with E-state index in [-0.39, 0.29) is 0 Å². The second-order valence-corrected chi connectivity index (χ2v) is 4.72. The molecule has 3 heteroatoms. The molecule has 1 atom stereocenters. The van der Waals surface area contributed by atoms with Gasteiger partial charge in [0.2, 0.25) is 0 Å². The lowest BCUT2D eigenvalue weighted by Gasteiger charge is -2.22. The Hall–Kier alpha value is -1.06. The number of hydrogen-bond acceptors (Lipinski definition) is 3. The number of nitrogens with zero attached hydrogens (tertiary/aromatic N) is 1. The number of anilines is 1. The van der Waals surface area contributed by atoms with E-state index in [4.69, 9.17) is 10.5 Å². The first kappa shape index (κ1) is 12.4. The third-order valence-corrected chi connectivity index (χ3v) is 3.43. The first-order valence-electron chi connectivity index (χ1n) is 6.37. The van der Waals surface area contributed by atoms with Crippen molar-refractivity contribution < 1.29 is 4.74 Å². The Morgan fingerprint density at radius 3 is 3.00 bits per heavy atom. The molecule has 1 aromatic rings. The fourth-order valence-electron chi connectivity index (χ4n) is 2.61. The van der Waals surface area contributed by atoms with Gasteiger partial charge in [0.25, 0.3) is 0 Å². The lowest BCUT2D eigenvalue weighted by atomic mass is 10.1. The molecule has 0 radical (unpaired) electrons. The molecule has 3 nitrogen and oxygen atoms in total. The van der Waals surface area contributed by atoms with Crippen LogP contribution >= 0.6 is 0 Å². The van der Waals surface area contributed by atoms with Crippen LogP contribution in [0.2, 0.25) is 0 Å². The average molecular weight is 234 g/mol. The summed E-state index contributed by atoms with van der Waals surface area (Å²) in [5.74, 6) is 0.672. The van der Waals surface area contributed by atoms with Gasteiger partial charge in [-0.1, -0.05) is 18.2 Å². The molecule has 0 aliphatic carbocycles. The van der Waals surface area contributed by atoms with Crippen molar-refractivity contribution in [1.82, 2.24) is 0 Å². The minimum atomic E-state index is 0.672. The van der Waals surface area contributed by atoms with Crippen molar-refractivity contribution in [3.05, 3.63) is 29.8 Å². The number of hydrogen-bond donors (Lipinski definition) is 1. The van der Waals surface area contributed by atoms with Gasteiger partial charge < -0.3 is 15.4 Å². The van der Waals surface area contributed by atoms with E-state index in [1.807, 2.05) is 0 Å². The van der Waals surface area contributed by atoms with E-state index in [9.17, 15) is 0 Å². The van der Waals surface area contributed by atoms with Crippen molar-refractivity contribution in [2.24, 2.45) is 11.7 Å². The van der Waals surface area contributed by atoms with Gasteiger partial charge >= 0.3 is 0 Å². The monoisotopic (exact) mass is 234 g/mol. The van der Waals surface area contributed by atoms with Crippen LogP contribution < -0.4 is 10.6 Å². The van der Waals surface area contributed by atoms with Gasteiger partial charge in [-0.15, -0.1) is 0 Å². The Morgan fingerprint density at radius 2 is 2.24 bits per heavy atom. The van der Waals surface area contributed by atoms with Gasteiger partial charge in [0, 0.05) is 31.8 Å². The summed E-state index contributed by atoms with van der Waals surface area (Å²) in [6.07, 6.45) is 2.19. The number of para-hydroxylation sites is 1. The highest BCUT2D eigenvalue weighted by molar-refractivity contribution is 5.54. The van der Waals surface area contributed by atoms with Crippen molar-refractivity contribution in [3.8, 4) is 0 Å². The van der Waals surface area contributed by atoms with Crippen molar-refractivity contribution in [1.29, 1.82) is 0 Å². The third kappa shape index (κ3) is 2.99. The molecule has 0 spiro atoms. The third-order valence-electron chi connectivity index (χ3n) is 3.43. The molecule has 94 valence electrons. The van der Waals surface area contributed by atoms with Crippen LogP contribution in [-0.4, -0.2) is 33.4 Å². The van der Waals surface area contributed by atoms with Gasteiger partial charge in [-0.25, -0.2) is 0 Å². The maximum atomic E-state index is 5.66. The molecule has 0 amide bonds. The molecule has 1 aromatic carbocycles. The Kier molecular flexibility index (Phi) is 4.40. The molecule has 1 fully saturated rings. The Morgan fingerprint density at radius 1 is 1.41 bits per heavy atom. The molecule has 1 heterocycles. The highest BCUT2D eigenvalue weighted by Gasteiger charge is 2.23. The molecule has 0 aromatic heterocycles. The van der Waals surface area contributed by atoms with E-state index >= 15 is 0 Å². The smallest absolute Gasteiger partial charge is 0.0508 e. The molecule has 2 N–H and O–H groups in total. The summed E-state index contributed by atoms with van der Waals surface area (Å²) in [6.45, 7) is 3.83. The molecule has 1 aliphatic heterocycles. The Bertz CT molecular complexity index is 354. The maximum absolute atomic E-state index is 5.66. The predicted octanol–water partition coefficient (Wildman–Crippen LogP) is 1.66. The second-order valence-electron chi connectivity index (χ2n) is 4.72. The van der Waals surface area contributed by atoms with Crippen LogP contribution in [0.5, 0.6) is 0 Å². The summed E-state index contributed by atoms with van der Waals surface area (Å²) >= 11 is 0. The Labute approximate surface area is 104 Å². The van der Waals surface area contributed by atoms with Crippen LogP contribution in [0.15, 0.2) is 24.3 Å². The fourth-order valence-corrected chi connectivity index (χ4v) is 2.61. The van der Waals surface area contributed by atoms with E-state index in [0.29, 0.717) is 12.5 Å². The number of methoxy groups -OCH3 is 1. The average Bonchev–Trinajstić information content (AvgIpc) is 2.79. The van der Waals surface area contributed by atoms with Crippen LogP contribution in [0.3, 0.4) is 0 Å². The van der Waals surface area contributed by atoms with Crippen LogP contribution in [0, 0.1) is 5.92 Å². The fraction of sp³-hybridized carbons (Fsp3) is 0.571. The van der Waals surface area contributed by atoms with Crippen LogP contribution in [0.25, 0.3) is 0 Å². The predicted molar refractivity (Wildman–Crippen MR) is 71.4 cm³/mol. The largest absolute Gasteiger partial charge is 0.384 e. The summed E-state index contributed by atoms with van der Waals surface area (Å²) < 4.78 is 5.24. The van der Waals surface area contributed by atoms with E-state index < -0.39 is 0 Å². The first-order valence-corrected chi connectivity index (χ1v) is 6.37. The minimum absolute atomic E-state index is 0.672. The standard InChI is InChI=1S/C14H22N2O/c1-17-11-12-7-9-16(10-12)14-5-3-2-4-13(14)6-8-15/h2-5,12H,6-11,15H2,1H3. The molecule has 1 saturated heterocycles. The van der Waals surface area contributed by atoms with Gasteiger partial charge in [0.1, 0.15) is 0 Å². The van der Waals surface area contributed by atoms with Gasteiger partial charge in [-0.3, -0.25) is 0 Å². The van der Waals surface area contributed by atoms with Crippen molar-refractivity contribution in [3.63, 3.8) is 0 Å². The van der Waals surface area contributed by atoms with Crippen LogP contribution in [0.1, 0.15) is 12.0 Å². The van der Waals surface area contributed by atoms with Gasteiger partial charge in [0.05, 0.1) is 6.61 Å². The number of rotatable bonds is 5. The summed E-state index contributed by atoms with van der Waals surface area (Å²) in [6, 6.07) is 8.60. The SMILES string of the molecule is COCC1CCN(c2ccccc2CCN)C1. The number of benzene rings is 1. The van der Waals surface area contributed by atoms with E-state index in [1.165, 1.54) is 17.7 Å². The molecular formula is C14H22N2O. The molecular weight excluding hydrogens is 212 g/mol. The lowest BCUT2D eigenvalue weighted by molar-refractivity contribution is 0.161. The maximum Gasteiger partial charge on any atom is 0.0508 e. The normalized spacial score (nSPS) is 19.9. The summed E-state index contributed by atoms with van der Waals surface area (Å²) in [4.78, 5) is 2.47. The molecule has 1 unspecified atom stereocenters. The van der Waals surface area contributed by atoms with Crippen molar-refractivity contribution >= 4 is 5.69 Å². The minimum Gasteiger partial charge on any atom is -0.384 e. The summed E-state index contributed by atoms with van der Waals surface area (Å²) in [5, 5.41) is 0. The number of nitrogens with two attached hydrogens (primary N) is 1. The van der Waals surface area contributed by atoms with Gasteiger partial charge in [-0.2, -0.15) is 0 Å². The van der Waals surface area contributed by atoms with Crippen LogP contribution in [0.4, 0.5) is 5.69 Å². The Balaban J connectivity index is 2.07. The molecule has 0 bridgehead atoms. The van der Waals surface area contributed by atoms with Crippen LogP contribution in [-0.2, 0) is 11.2 Å². The summed E-state index contributed by atoms with van der Waals surface area (Å²) in [5.41, 5.74) is 8.39. The van der Waals surface area contributed by atoms with Crippen molar-refractivity contribution in [2.45, 2.75) is 12.8 Å². The molecule has 1 aliphatic rings. The molecule has 17 heavy (non-hydrogen) atoms. The molecule has 2 rings (SSSR count). The second kappa shape index (κ2) is 6.03. The highest BCUT2D eigenvalue weighted by Crippen LogP contribution is 2.27. The van der Waals surface area contributed by atoms with Gasteiger partial charge in [-0.05, 0) is 31.0 Å². The number of ether oxygens (including phenoxy) is 1.